The van der Waals surface area contributed by atoms with Gasteiger partial charge in [-0.1, -0.05) is 30.0 Å². The number of hydrogen-bond donors (Lipinski definition) is 0. The van der Waals surface area contributed by atoms with Gasteiger partial charge in [-0.15, -0.1) is 0 Å². The van der Waals surface area contributed by atoms with Crippen LogP contribution in [0.4, 0.5) is 8.78 Å². The van der Waals surface area contributed by atoms with Gasteiger partial charge in [-0.3, -0.25) is 0 Å². The SMILES string of the molecule is FC(F)Sc1ccccc1.O.O. The molecule has 1 aromatic rings. The Morgan fingerprint density at radius 1 is 1.00 bits per heavy atom. The minimum Gasteiger partial charge on any atom is -0.412 e. The van der Waals surface area contributed by atoms with Crippen LogP contribution in [0, 0.1) is 0 Å². The Bertz CT molecular complexity index is 194. The van der Waals surface area contributed by atoms with Crippen molar-refractivity contribution in [3.63, 3.8) is 0 Å². The van der Waals surface area contributed by atoms with E-state index in [2.05, 4.69) is 0 Å². The van der Waals surface area contributed by atoms with E-state index in [1.807, 2.05) is 0 Å². The van der Waals surface area contributed by atoms with Crippen molar-refractivity contribution in [2.75, 3.05) is 0 Å². The molecule has 1 aromatic carbocycles. The Kier molecular flexibility index (Phi) is 8.14. The summed E-state index contributed by atoms with van der Waals surface area (Å²) in [6, 6.07) is 8.61. The minimum atomic E-state index is -2.32. The molecule has 0 amide bonds. The van der Waals surface area contributed by atoms with Crippen molar-refractivity contribution in [1.82, 2.24) is 0 Å². The lowest BCUT2D eigenvalue weighted by molar-refractivity contribution is 0.252. The Morgan fingerprint density at radius 3 is 1.92 bits per heavy atom. The van der Waals surface area contributed by atoms with Gasteiger partial charge in [0.1, 0.15) is 0 Å². The van der Waals surface area contributed by atoms with Crippen LogP contribution in [0.3, 0.4) is 0 Å². The van der Waals surface area contributed by atoms with Crippen LogP contribution in [0.5, 0.6) is 0 Å². The summed E-state index contributed by atoms with van der Waals surface area (Å²) in [5.74, 6) is -2.32. The van der Waals surface area contributed by atoms with Gasteiger partial charge < -0.3 is 11.0 Å². The molecule has 0 radical (unpaired) electrons. The van der Waals surface area contributed by atoms with Gasteiger partial charge in [0.2, 0.25) is 0 Å². The predicted octanol–water partition coefficient (Wildman–Crippen LogP) is 1.35. The number of rotatable bonds is 2. The quantitative estimate of drug-likeness (QED) is 0.658. The summed E-state index contributed by atoms with van der Waals surface area (Å²) in [6.07, 6.45) is 0. The van der Waals surface area contributed by atoms with E-state index in [0.717, 1.165) is 0 Å². The molecule has 1 rings (SSSR count). The molecule has 5 heteroatoms. The highest BCUT2D eigenvalue weighted by Gasteiger charge is 2.02. The first-order valence-corrected chi connectivity index (χ1v) is 3.67. The molecule has 0 aliphatic carbocycles. The molecule has 0 aromatic heterocycles. The second kappa shape index (κ2) is 7.02. The summed E-state index contributed by atoms with van der Waals surface area (Å²) < 4.78 is 23.4. The minimum absolute atomic E-state index is 0. The molecule has 0 atom stereocenters. The summed E-state index contributed by atoms with van der Waals surface area (Å²) >= 11 is 0.565. The second-order valence-electron chi connectivity index (χ2n) is 1.69. The van der Waals surface area contributed by atoms with E-state index >= 15 is 0 Å². The maximum atomic E-state index is 11.7. The molecular weight excluding hydrogens is 186 g/mol. The van der Waals surface area contributed by atoms with E-state index in [9.17, 15) is 8.78 Å². The number of hydrogen-bond acceptors (Lipinski definition) is 1. The van der Waals surface area contributed by atoms with Crippen molar-refractivity contribution in [3.05, 3.63) is 30.3 Å². The van der Waals surface area contributed by atoms with E-state index in [4.69, 9.17) is 0 Å². The van der Waals surface area contributed by atoms with Gasteiger partial charge in [0.05, 0.1) is 0 Å². The van der Waals surface area contributed by atoms with Crippen molar-refractivity contribution in [1.29, 1.82) is 0 Å². The number of halogens is 2. The monoisotopic (exact) mass is 196 g/mol. The van der Waals surface area contributed by atoms with Crippen LogP contribution in [-0.4, -0.2) is 16.7 Å². The third-order valence-corrected chi connectivity index (χ3v) is 1.69. The number of thioether (sulfide) groups is 1. The zero-order chi connectivity index (χ0) is 7.40. The van der Waals surface area contributed by atoms with Crippen LogP contribution in [0.1, 0.15) is 0 Å². The second-order valence-corrected chi connectivity index (χ2v) is 2.76. The highest BCUT2D eigenvalue weighted by Crippen LogP contribution is 2.23. The zero-order valence-corrected chi connectivity index (χ0v) is 6.94. The van der Waals surface area contributed by atoms with Crippen LogP contribution in [-0.2, 0) is 0 Å². The summed E-state index contributed by atoms with van der Waals surface area (Å²) in [5.41, 5.74) is 0. The lowest BCUT2D eigenvalue weighted by atomic mass is 10.4. The molecule has 0 unspecified atom stereocenters. The molecule has 70 valence electrons. The molecule has 0 bridgehead atoms. The Balaban J connectivity index is 0. The van der Waals surface area contributed by atoms with E-state index in [-0.39, 0.29) is 11.0 Å². The fourth-order valence-electron chi connectivity index (χ4n) is 0.602. The van der Waals surface area contributed by atoms with Crippen molar-refractivity contribution in [3.8, 4) is 0 Å². The first kappa shape index (κ1) is 13.9. The van der Waals surface area contributed by atoms with Crippen LogP contribution in [0.15, 0.2) is 35.2 Å². The summed E-state index contributed by atoms with van der Waals surface area (Å²) in [6.45, 7) is 0. The first-order valence-electron chi connectivity index (χ1n) is 2.79. The molecule has 2 nitrogen and oxygen atoms in total. The van der Waals surface area contributed by atoms with Gasteiger partial charge in [-0.05, 0) is 12.1 Å². The number of alkyl halides is 2. The molecule has 0 saturated heterocycles. The van der Waals surface area contributed by atoms with Gasteiger partial charge in [0.25, 0.3) is 5.76 Å². The van der Waals surface area contributed by atoms with Crippen molar-refractivity contribution < 1.29 is 19.7 Å². The smallest absolute Gasteiger partial charge is 0.288 e. The van der Waals surface area contributed by atoms with Gasteiger partial charge >= 0.3 is 0 Å². The largest absolute Gasteiger partial charge is 0.412 e. The molecule has 0 heterocycles. The van der Waals surface area contributed by atoms with E-state index in [1.54, 1.807) is 30.3 Å². The summed E-state index contributed by atoms with van der Waals surface area (Å²) in [4.78, 5) is 0.609. The van der Waals surface area contributed by atoms with E-state index in [1.165, 1.54) is 0 Å². The predicted molar refractivity (Wildman–Crippen MR) is 45.5 cm³/mol. The fourth-order valence-corrected chi connectivity index (χ4v) is 1.12. The maximum absolute atomic E-state index is 11.7. The normalized spacial score (nSPS) is 8.58. The van der Waals surface area contributed by atoms with Crippen LogP contribution in [0.2, 0.25) is 0 Å². The summed E-state index contributed by atoms with van der Waals surface area (Å²) in [5, 5.41) is 0. The van der Waals surface area contributed by atoms with E-state index in [0.29, 0.717) is 16.7 Å². The highest BCUT2D eigenvalue weighted by molar-refractivity contribution is 7.99. The van der Waals surface area contributed by atoms with Gasteiger partial charge in [-0.25, -0.2) is 0 Å². The van der Waals surface area contributed by atoms with Gasteiger partial charge in [0, 0.05) is 4.90 Å². The van der Waals surface area contributed by atoms with Crippen molar-refractivity contribution >= 4 is 11.8 Å². The van der Waals surface area contributed by atoms with E-state index < -0.39 is 5.76 Å². The summed E-state index contributed by atoms with van der Waals surface area (Å²) in [7, 11) is 0. The first-order chi connectivity index (χ1) is 4.79. The molecule has 0 aliphatic rings. The average Bonchev–Trinajstić information content (AvgIpc) is 1.88. The lowest BCUT2D eigenvalue weighted by Gasteiger charge is -1.96. The third-order valence-electron chi connectivity index (χ3n) is 0.968. The van der Waals surface area contributed by atoms with Crippen LogP contribution >= 0.6 is 11.8 Å². The Labute approximate surface area is 73.2 Å². The van der Waals surface area contributed by atoms with Gasteiger partial charge in [-0.2, -0.15) is 8.78 Å². The molecule has 0 spiro atoms. The molecule has 12 heavy (non-hydrogen) atoms. The Morgan fingerprint density at radius 2 is 1.50 bits per heavy atom. The topological polar surface area (TPSA) is 63.0 Å². The lowest BCUT2D eigenvalue weighted by Crippen LogP contribution is -1.79. The van der Waals surface area contributed by atoms with Crippen molar-refractivity contribution in [2.24, 2.45) is 0 Å². The molecule has 4 N–H and O–H groups in total. The third kappa shape index (κ3) is 5.06. The van der Waals surface area contributed by atoms with Crippen molar-refractivity contribution in [2.45, 2.75) is 10.7 Å². The number of benzene rings is 1. The average molecular weight is 196 g/mol. The van der Waals surface area contributed by atoms with Crippen LogP contribution < -0.4 is 0 Å². The zero-order valence-electron chi connectivity index (χ0n) is 6.13. The van der Waals surface area contributed by atoms with Crippen LogP contribution in [0.25, 0.3) is 0 Å². The molecule has 0 aliphatic heterocycles. The molecule has 0 saturated carbocycles. The molecular formula is C7H10F2O2S. The van der Waals surface area contributed by atoms with Gasteiger partial charge in [0.15, 0.2) is 0 Å². The molecule has 0 fully saturated rings. The maximum Gasteiger partial charge on any atom is 0.288 e. The Hall–Kier alpha value is -0.650. The standard InChI is InChI=1S/C7H6F2S.2H2O/c8-7(9)10-6-4-2-1-3-5-6;;/h1-5,7H;2*1H2. The highest BCUT2D eigenvalue weighted by atomic mass is 32.2. The fraction of sp³-hybridized carbons (Fsp3) is 0.143.